The second kappa shape index (κ2) is 3.83. The number of aryl methyl sites for hydroxylation is 1. The van der Waals surface area contributed by atoms with E-state index < -0.39 is 0 Å². The van der Waals surface area contributed by atoms with Gasteiger partial charge < -0.3 is 4.74 Å². The standard InChI is InChI=1S/C12H18N2O/c1-9-4-5-11(15-3)10(6-9)12(2)7-13-14-8-12/h4-6,13-14H,7-8H2,1-3H3. The lowest BCUT2D eigenvalue weighted by Crippen LogP contribution is -2.28. The molecule has 0 atom stereocenters. The van der Waals surface area contributed by atoms with Crippen molar-refractivity contribution in [2.45, 2.75) is 19.3 Å². The van der Waals surface area contributed by atoms with Crippen LogP contribution in [0.25, 0.3) is 0 Å². The lowest BCUT2D eigenvalue weighted by atomic mass is 9.82. The van der Waals surface area contributed by atoms with E-state index in [0.717, 1.165) is 18.8 Å². The fraction of sp³-hybridized carbons (Fsp3) is 0.500. The fourth-order valence-corrected chi connectivity index (χ4v) is 2.06. The van der Waals surface area contributed by atoms with Gasteiger partial charge in [-0.05, 0) is 13.0 Å². The maximum Gasteiger partial charge on any atom is 0.122 e. The molecule has 3 nitrogen and oxygen atoms in total. The highest BCUT2D eigenvalue weighted by Gasteiger charge is 2.33. The Balaban J connectivity index is 2.44. The summed E-state index contributed by atoms with van der Waals surface area (Å²) in [7, 11) is 1.73. The Kier molecular flexibility index (Phi) is 2.67. The van der Waals surface area contributed by atoms with E-state index in [1.165, 1.54) is 11.1 Å². The summed E-state index contributed by atoms with van der Waals surface area (Å²) in [6.45, 7) is 6.24. The second-order valence-corrected chi connectivity index (χ2v) is 4.47. The Morgan fingerprint density at radius 3 is 2.53 bits per heavy atom. The fourth-order valence-electron chi connectivity index (χ4n) is 2.06. The minimum Gasteiger partial charge on any atom is -0.496 e. The minimum absolute atomic E-state index is 0.122. The number of rotatable bonds is 2. The SMILES string of the molecule is COc1ccc(C)cc1C1(C)CNNC1. The Hall–Kier alpha value is -1.06. The third-order valence-electron chi connectivity index (χ3n) is 3.09. The summed E-state index contributed by atoms with van der Waals surface area (Å²) in [5, 5.41) is 0. The number of ether oxygens (including phenoxy) is 1. The lowest BCUT2D eigenvalue weighted by Gasteiger charge is -2.25. The summed E-state index contributed by atoms with van der Waals surface area (Å²) in [4.78, 5) is 0. The largest absolute Gasteiger partial charge is 0.496 e. The van der Waals surface area contributed by atoms with Crippen molar-refractivity contribution in [1.29, 1.82) is 0 Å². The molecule has 1 aromatic rings. The van der Waals surface area contributed by atoms with Gasteiger partial charge in [0.15, 0.2) is 0 Å². The molecule has 0 saturated carbocycles. The van der Waals surface area contributed by atoms with Crippen LogP contribution in [0.3, 0.4) is 0 Å². The number of hydrogen-bond donors (Lipinski definition) is 2. The third kappa shape index (κ3) is 1.85. The van der Waals surface area contributed by atoms with Gasteiger partial charge in [0.2, 0.25) is 0 Å². The Morgan fingerprint density at radius 2 is 1.93 bits per heavy atom. The van der Waals surface area contributed by atoms with Crippen LogP contribution in [0.15, 0.2) is 18.2 Å². The first-order chi connectivity index (χ1) is 7.15. The van der Waals surface area contributed by atoms with Crippen LogP contribution in [0, 0.1) is 6.92 Å². The Morgan fingerprint density at radius 1 is 1.27 bits per heavy atom. The topological polar surface area (TPSA) is 33.3 Å². The van der Waals surface area contributed by atoms with Crippen LogP contribution in [-0.4, -0.2) is 20.2 Å². The monoisotopic (exact) mass is 206 g/mol. The van der Waals surface area contributed by atoms with Crippen molar-refractivity contribution in [2.24, 2.45) is 0 Å². The van der Waals surface area contributed by atoms with Crippen LogP contribution in [0.2, 0.25) is 0 Å². The molecule has 0 bridgehead atoms. The lowest BCUT2D eigenvalue weighted by molar-refractivity contribution is 0.395. The highest BCUT2D eigenvalue weighted by molar-refractivity contribution is 5.43. The molecular weight excluding hydrogens is 188 g/mol. The maximum atomic E-state index is 5.42. The summed E-state index contributed by atoms with van der Waals surface area (Å²) in [6.07, 6.45) is 0. The molecule has 3 heteroatoms. The smallest absolute Gasteiger partial charge is 0.122 e. The highest BCUT2D eigenvalue weighted by atomic mass is 16.5. The van der Waals surface area contributed by atoms with Gasteiger partial charge in [0.05, 0.1) is 7.11 Å². The third-order valence-corrected chi connectivity index (χ3v) is 3.09. The molecular formula is C12H18N2O. The molecule has 1 fully saturated rings. The van der Waals surface area contributed by atoms with E-state index in [4.69, 9.17) is 4.74 Å². The summed E-state index contributed by atoms with van der Waals surface area (Å²) < 4.78 is 5.42. The quantitative estimate of drug-likeness (QED) is 0.766. The van der Waals surface area contributed by atoms with Crippen LogP contribution in [-0.2, 0) is 5.41 Å². The summed E-state index contributed by atoms with van der Waals surface area (Å²) in [5.41, 5.74) is 9.03. The second-order valence-electron chi connectivity index (χ2n) is 4.47. The van der Waals surface area contributed by atoms with E-state index in [2.05, 4.69) is 36.8 Å². The molecule has 15 heavy (non-hydrogen) atoms. The van der Waals surface area contributed by atoms with E-state index in [1.807, 2.05) is 6.07 Å². The number of nitrogens with one attached hydrogen (secondary N) is 2. The molecule has 2 rings (SSSR count). The highest BCUT2D eigenvalue weighted by Crippen LogP contribution is 2.33. The van der Waals surface area contributed by atoms with Crippen molar-refractivity contribution in [3.05, 3.63) is 29.3 Å². The van der Waals surface area contributed by atoms with E-state index in [9.17, 15) is 0 Å². The van der Waals surface area contributed by atoms with Crippen molar-refractivity contribution in [3.8, 4) is 5.75 Å². The molecule has 0 aliphatic carbocycles. The van der Waals surface area contributed by atoms with Gasteiger partial charge in [0, 0.05) is 24.1 Å². The molecule has 0 radical (unpaired) electrons. The normalized spacial score (nSPS) is 19.1. The van der Waals surface area contributed by atoms with Crippen molar-refractivity contribution < 1.29 is 4.74 Å². The summed E-state index contributed by atoms with van der Waals surface area (Å²) in [6, 6.07) is 6.35. The molecule has 1 aliphatic heterocycles. The van der Waals surface area contributed by atoms with Gasteiger partial charge in [0.25, 0.3) is 0 Å². The number of benzene rings is 1. The van der Waals surface area contributed by atoms with Gasteiger partial charge in [-0.2, -0.15) is 0 Å². The zero-order valence-corrected chi connectivity index (χ0v) is 9.55. The van der Waals surface area contributed by atoms with Gasteiger partial charge in [0.1, 0.15) is 5.75 Å². The van der Waals surface area contributed by atoms with E-state index in [1.54, 1.807) is 7.11 Å². The van der Waals surface area contributed by atoms with Crippen LogP contribution >= 0.6 is 0 Å². The first-order valence-electron chi connectivity index (χ1n) is 5.26. The first-order valence-corrected chi connectivity index (χ1v) is 5.26. The molecule has 82 valence electrons. The Bertz CT molecular complexity index is 357. The Labute approximate surface area is 90.8 Å². The molecule has 0 spiro atoms. The van der Waals surface area contributed by atoms with E-state index in [-0.39, 0.29) is 5.41 Å². The molecule has 0 amide bonds. The first kappa shape index (κ1) is 10.5. The number of hydrazine groups is 1. The van der Waals surface area contributed by atoms with Crippen molar-refractivity contribution >= 4 is 0 Å². The van der Waals surface area contributed by atoms with Gasteiger partial charge in [-0.3, -0.25) is 10.9 Å². The summed E-state index contributed by atoms with van der Waals surface area (Å²) in [5.74, 6) is 0.980. The average Bonchev–Trinajstić information content (AvgIpc) is 2.66. The predicted octanol–water partition coefficient (Wildman–Crippen LogP) is 1.37. The van der Waals surface area contributed by atoms with Gasteiger partial charge in [-0.1, -0.05) is 24.6 Å². The molecule has 1 aliphatic rings. The zero-order chi connectivity index (χ0) is 10.9. The van der Waals surface area contributed by atoms with Crippen molar-refractivity contribution in [1.82, 2.24) is 10.9 Å². The van der Waals surface area contributed by atoms with E-state index in [0.29, 0.717) is 0 Å². The molecule has 1 saturated heterocycles. The number of methoxy groups -OCH3 is 1. The number of hydrogen-bond acceptors (Lipinski definition) is 3. The van der Waals surface area contributed by atoms with Gasteiger partial charge in [-0.25, -0.2) is 0 Å². The van der Waals surface area contributed by atoms with Crippen LogP contribution in [0.4, 0.5) is 0 Å². The van der Waals surface area contributed by atoms with Crippen LogP contribution in [0.5, 0.6) is 5.75 Å². The average molecular weight is 206 g/mol. The van der Waals surface area contributed by atoms with Crippen molar-refractivity contribution in [3.63, 3.8) is 0 Å². The van der Waals surface area contributed by atoms with Crippen LogP contribution in [0.1, 0.15) is 18.1 Å². The molecule has 2 N–H and O–H groups in total. The van der Waals surface area contributed by atoms with E-state index >= 15 is 0 Å². The zero-order valence-electron chi connectivity index (χ0n) is 9.55. The molecule has 1 heterocycles. The maximum absolute atomic E-state index is 5.42. The van der Waals surface area contributed by atoms with Gasteiger partial charge >= 0.3 is 0 Å². The van der Waals surface area contributed by atoms with Gasteiger partial charge in [-0.15, -0.1) is 0 Å². The molecule has 1 aromatic carbocycles. The van der Waals surface area contributed by atoms with Crippen LogP contribution < -0.4 is 15.6 Å². The van der Waals surface area contributed by atoms with Crippen molar-refractivity contribution in [2.75, 3.05) is 20.2 Å². The molecule has 0 aromatic heterocycles. The molecule has 0 unspecified atom stereocenters. The predicted molar refractivity (Wildman–Crippen MR) is 61.1 cm³/mol. The minimum atomic E-state index is 0.122. The summed E-state index contributed by atoms with van der Waals surface area (Å²) >= 11 is 0.